The van der Waals surface area contributed by atoms with Gasteiger partial charge in [-0.1, -0.05) is 48.0 Å². The number of hydrogen-bond donors (Lipinski definition) is 0. The Morgan fingerprint density at radius 3 is 2.67 bits per heavy atom. The predicted octanol–water partition coefficient (Wildman–Crippen LogP) is 5.86. The Bertz CT molecular complexity index is 1340. The van der Waals surface area contributed by atoms with E-state index in [1.807, 2.05) is 55.1 Å². The highest BCUT2D eigenvalue weighted by molar-refractivity contribution is 6.35. The van der Waals surface area contributed by atoms with Crippen molar-refractivity contribution in [1.82, 2.24) is 9.88 Å². The number of fused-ring (bicyclic) bond motifs is 1. The van der Waals surface area contributed by atoms with Crippen LogP contribution in [0.3, 0.4) is 0 Å². The van der Waals surface area contributed by atoms with Crippen LogP contribution >= 0.6 is 11.6 Å². The largest absolute Gasteiger partial charge is 0.496 e. The van der Waals surface area contributed by atoms with Crippen LogP contribution in [0.1, 0.15) is 56.4 Å². The standard InChI is InChI=1S/C31H35ClN2O5/c1-19-14-24(29(37-4)22-11-13-38-18-22)28(32)27-23(19)10-12-34(31(27)35)16-25-26(36-3)15-20(2)33-30(25)39-17-21-8-6-5-7-9-21/h5-9,14-15,22,29H,10-13,16-18H2,1-4H3/t22-,29-/m0/s1. The molecule has 0 bridgehead atoms. The summed E-state index contributed by atoms with van der Waals surface area (Å²) in [6.45, 7) is 6.49. The van der Waals surface area contributed by atoms with Crippen molar-refractivity contribution in [2.75, 3.05) is 34.0 Å². The molecule has 8 heteroatoms. The number of aromatic nitrogens is 1. The van der Waals surface area contributed by atoms with Gasteiger partial charge in [0.2, 0.25) is 5.88 Å². The Morgan fingerprint density at radius 1 is 1.18 bits per heavy atom. The van der Waals surface area contributed by atoms with Gasteiger partial charge in [0.25, 0.3) is 5.91 Å². The summed E-state index contributed by atoms with van der Waals surface area (Å²) in [4.78, 5) is 20.5. The van der Waals surface area contributed by atoms with Crippen LogP contribution in [0.15, 0.2) is 42.5 Å². The number of ether oxygens (including phenoxy) is 4. The molecule has 1 amide bonds. The lowest BCUT2D eigenvalue weighted by atomic mass is 9.87. The van der Waals surface area contributed by atoms with Crippen LogP contribution in [-0.2, 0) is 29.0 Å². The van der Waals surface area contributed by atoms with Crippen molar-refractivity contribution < 1.29 is 23.7 Å². The van der Waals surface area contributed by atoms with E-state index in [1.165, 1.54) is 0 Å². The first-order chi connectivity index (χ1) is 18.9. The molecule has 2 aliphatic rings. The molecule has 2 aromatic carbocycles. The van der Waals surface area contributed by atoms with Gasteiger partial charge in [0.15, 0.2) is 0 Å². The molecule has 0 N–H and O–H groups in total. The van der Waals surface area contributed by atoms with Crippen molar-refractivity contribution in [2.24, 2.45) is 5.92 Å². The Hall–Kier alpha value is -3.13. The minimum Gasteiger partial charge on any atom is -0.496 e. The summed E-state index contributed by atoms with van der Waals surface area (Å²) in [6.07, 6.45) is 1.38. The summed E-state index contributed by atoms with van der Waals surface area (Å²) in [7, 11) is 3.31. The fourth-order valence-electron chi connectivity index (χ4n) is 5.64. The third kappa shape index (κ3) is 5.62. The Balaban J connectivity index is 1.46. The first kappa shape index (κ1) is 27.4. The minimum atomic E-state index is -0.230. The lowest BCUT2D eigenvalue weighted by Crippen LogP contribution is -2.38. The van der Waals surface area contributed by atoms with Gasteiger partial charge in [0.1, 0.15) is 12.4 Å². The zero-order valence-electron chi connectivity index (χ0n) is 23.0. The second kappa shape index (κ2) is 11.9. The molecule has 0 unspecified atom stereocenters. The summed E-state index contributed by atoms with van der Waals surface area (Å²) in [6, 6.07) is 13.9. The highest BCUT2D eigenvalue weighted by Gasteiger charge is 2.35. The summed E-state index contributed by atoms with van der Waals surface area (Å²) in [5, 5.41) is 0.471. The van der Waals surface area contributed by atoms with Crippen LogP contribution in [0.4, 0.5) is 0 Å². The van der Waals surface area contributed by atoms with Gasteiger partial charge in [-0.25, -0.2) is 4.98 Å². The molecule has 0 aliphatic carbocycles. The molecule has 2 aliphatic heterocycles. The maximum absolute atomic E-state index is 14.0. The van der Waals surface area contributed by atoms with Gasteiger partial charge < -0.3 is 23.8 Å². The monoisotopic (exact) mass is 550 g/mol. The maximum Gasteiger partial charge on any atom is 0.255 e. The van der Waals surface area contributed by atoms with E-state index in [4.69, 9.17) is 30.5 Å². The van der Waals surface area contributed by atoms with E-state index in [-0.39, 0.29) is 17.9 Å². The van der Waals surface area contributed by atoms with Gasteiger partial charge in [-0.3, -0.25) is 4.79 Å². The number of hydrogen-bond acceptors (Lipinski definition) is 6. The second-order valence-electron chi connectivity index (χ2n) is 10.2. The van der Waals surface area contributed by atoms with Crippen LogP contribution in [-0.4, -0.2) is 49.8 Å². The van der Waals surface area contributed by atoms with E-state index < -0.39 is 0 Å². The van der Waals surface area contributed by atoms with Gasteiger partial charge in [0, 0.05) is 43.5 Å². The lowest BCUT2D eigenvalue weighted by molar-refractivity contribution is 0.0443. The Morgan fingerprint density at radius 2 is 1.97 bits per heavy atom. The van der Waals surface area contributed by atoms with Crippen molar-refractivity contribution in [3.63, 3.8) is 0 Å². The third-order valence-electron chi connectivity index (χ3n) is 7.67. The lowest BCUT2D eigenvalue weighted by Gasteiger charge is -2.33. The van der Waals surface area contributed by atoms with Crippen molar-refractivity contribution >= 4 is 17.5 Å². The van der Waals surface area contributed by atoms with Crippen LogP contribution in [0.2, 0.25) is 5.02 Å². The molecule has 0 spiro atoms. The number of halogens is 1. The minimum absolute atomic E-state index is 0.111. The van der Waals surface area contributed by atoms with E-state index in [0.717, 1.165) is 39.9 Å². The number of benzene rings is 2. The van der Waals surface area contributed by atoms with Crippen LogP contribution in [0, 0.1) is 19.8 Å². The van der Waals surface area contributed by atoms with Crippen LogP contribution < -0.4 is 9.47 Å². The molecule has 2 atom stereocenters. The highest BCUT2D eigenvalue weighted by atomic mass is 35.5. The molecule has 0 saturated carbocycles. The fourth-order valence-corrected chi connectivity index (χ4v) is 6.00. The smallest absolute Gasteiger partial charge is 0.255 e. The van der Waals surface area contributed by atoms with E-state index in [9.17, 15) is 4.79 Å². The Kier molecular flexibility index (Phi) is 8.40. The van der Waals surface area contributed by atoms with Gasteiger partial charge >= 0.3 is 0 Å². The molecule has 1 fully saturated rings. The number of aryl methyl sites for hydroxylation is 2. The fraction of sp³-hybridized carbons (Fsp3) is 0.419. The van der Waals surface area contributed by atoms with Gasteiger partial charge in [-0.05, 0) is 43.4 Å². The number of methoxy groups -OCH3 is 2. The zero-order chi connectivity index (χ0) is 27.5. The van der Waals surface area contributed by atoms with Crippen LogP contribution in [0.5, 0.6) is 11.6 Å². The van der Waals surface area contributed by atoms with E-state index in [2.05, 4.69) is 11.1 Å². The van der Waals surface area contributed by atoms with Gasteiger partial charge in [0.05, 0.1) is 42.5 Å². The summed E-state index contributed by atoms with van der Waals surface area (Å²) < 4.78 is 23.4. The SMILES string of the molecule is COc1cc(C)nc(OCc2ccccc2)c1CN1CCc2c(C)cc([C@@H](OC)[C@H]3CCOC3)c(Cl)c2C1=O. The number of carbonyl (C=O) groups is 1. The molecule has 7 nitrogen and oxygen atoms in total. The van der Waals surface area contributed by atoms with Crippen molar-refractivity contribution in [3.05, 3.63) is 86.6 Å². The number of amides is 1. The molecule has 206 valence electrons. The predicted molar refractivity (Wildman–Crippen MR) is 150 cm³/mol. The molecule has 3 heterocycles. The molecule has 39 heavy (non-hydrogen) atoms. The molecule has 3 aromatic rings. The van der Waals surface area contributed by atoms with Crippen molar-refractivity contribution in [2.45, 2.75) is 45.9 Å². The first-order valence-corrected chi connectivity index (χ1v) is 13.7. The van der Waals surface area contributed by atoms with E-state index in [0.29, 0.717) is 61.5 Å². The van der Waals surface area contributed by atoms with Gasteiger partial charge in [-0.2, -0.15) is 0 Å². The zero-order valence-corrected chi connectivity index (χ0v) is 23.7. The molecular formula is C31H35ClN2O5. The average Bonchev–Trinajstić information content (AvgIpc) is 3.47. The van der Waals surface area contributed by atoms with Gasteiger partial charge in [-0.15, -0.1) is 0 Å². The topological polar surface area (TPSA) is 70.1 Å². The highest BCUT2D eigenvalue weighted by Crippen LogP contribution is 2.41. The Labute approximate surface area is 235 Å². The average molecular weight is 551 g/mol. The molecule has 1 saturated heterocycles. The number of nitrogens with zero attached hydrogens (tertiary/aromatic N) is 2. The second-order valence-corrected chi connectivity index (χ2v) is 10.6. The number of carbonyl (C=O) groups excluding carboxylic acids is 1. The van der Waals surface area contributed by atoms with E-state index in [1.54, 1.807) is 14.2 Å². The van der Waals surface area contributed by atoms with Crippen molar-refractivity contribution in [3.8, 4) is 11.6 Å². The quantitative estimate of drug-likeness (QED) is 0.332. The summed E-state index contributed by atoms with van der Waals surface area (Å²) >= 11 is 7.01. The van der Waals surface area contributed by atoms with E-state index >= 15 is 0 Å². The number of rotatable bonds is 9. The molecule has 1 aromatic heterocycles. The molecular weight excluding hydrogens is 516 g/mol. The third-order valence-corrected chi connectivity index (χ3v) is 8.08. The maximum atomic E-state index is 14.0. The first-order valence-electron chi connectivity index (χ1n) is 13.3. The molecule has 0 radical (unpaired) electrons. The van der Waals surface area contributed by atoms with Crippen molar-refractivity contribution in [1.29, 1.82) is 0 Å². The van der Waals surface area contributed by atoms with Crippen LogP contribution in [0.25, 0.3) is 0 Å². The number of pyridine rings is 1. The molecule has 5 rings (SSSR count). The summed E-state index contributed by atoms with van der Waals surface area (Å²) in [5.74, 6) is 1.19. The summed E-state index contributed by atoms with van der Waals surface area (Å²) in [5.41, 5.74) is 6.00. The normalized spacial score (nSPS) is 17.7.